The lowest BCUT2D eigenvalue weighted by atomic mass is 10.2. The van der Waals surface area contributed by atoms with Crippen LogP contribution in [0.25, 0.3) is 0 Å². The first-order valence-electron chi connectivity index (χ1n) is 7.31. The molecular weight excluding hydrogens is 282 g/mol. The molecule has 1 aliphatic rings. The molecule has 0 unspecified atom stereocenters. The van der Waals surface area contributed by atoms with E-state index in [4.69, 9.17) is 11.6 Å². The Morgan fingerprint density at radius 1 is 1.29 bits per heavy atom. The van der Waals surface area contributed by atoms with E-state index in [-0.39, 0.29) is 0 Å². The number of hydrogen-bond donors (Lipinski definition) is 1. The van der Waals surface area contributed by atoms with Crippen LogP contribution in [0, 0.1) is 6.92 Å². The minimum Gasteiger partial charge on any atom is -0.328 e. The van der Waals surface area contributed by atoms with Gasteiger partial charge in [0.05, 0.1) is 5.02 Å². The molecule has 0 saturated heterocycles. The third-order valence-electron chi connectivity index (χ3n) is 3.79. The number of nitrogens with zero attached hydrogens (tertiary/aromatic N) is 2. The van der Waals surface area contributed by atoms with E-state index in [1.165, 1.54) is 18.4 Å². The first-order chi connectivity index (χ1) is 10.1. The van der Waals surface area contributed by atoms with E-state index < -0.39 is 0 Å². The Kier molecular flexibility index (Phi) is 4.13. The van der Waals surface area contributed by atoms with Gasteiger partial charge >= 0.3 is 0 Å². The van der Waals surface area contributed by atoms with Crippen LogP contribution < -0.4 is 10.2 Å². The van der Waals surface area contributed by atoms with Gasteiger partial charge in [-0.15, -0.1) is 0 Å². The van der Waals surface area contributed by atoms with Crippen molar-refractivity contribution < 1.29 is 0 Å². The van der Waals surface area contributed by atoms with Crippen LogP contribution in [0.1, 0.15) is 24.0 Å². The van der Waals surface area contributed by atoms with Crippen LogP contribution >= 0.6 is 11.6 Å². The van der Waals surface area contributed by atoms with Crippen molar-refractivity contribution in [2.75, 3.05) is 11.9 Å². The third-order valence-corrected chi connectivity index (χ3v) is 4.07. The maximum atomic E-state index is 6.40. The molecule has 1 heterocycles. The van der Waals surface area contributed by atoms with Crippen LogP contribution in [-0.4, -0.2) is 18.1 Å². The van der Waals surface area contributed by atoms with Crippen molar-refractivity contribution >= 4 is 23.1 Å². The molecule has 0 atom stereocenters. The van der Waals surface area contributed by atoms with Crippen LogP contribution in [0.3, 0.4) is 0 Å². The molecular formula is C17H20ClN3. The lowest BCUT2D eigenvalue weighted by molar-refractivity contribution is 0.686. The zero-order chi connectivity index (χ0) is 14.8. The Balaban J connectivity index is 1.75. The van der Waals surface area contributed by atoms with Gasteiger partial charge in [-0.2, -0.15) is 0 Å². The van der Waals surface area contributed by atoms with Gasteiger partial charge < -0.3 is 10.2 Å². The molecule has 4 heteroatoms. The molecule has 2 aromatic rings. The number of halogens is 1. The van der Waals surface area contributed by atoms with E-state index in [1.54, 1.807) is 0 Å². The maximum Gasteiger partial charge on any atom is 0.151 e. The number of aromatic nitrogens is 1. The van der Waals surface area contributed by atoms with E-state index in [0.29, 0.717) is 11.1 Å². The summed E-state index contributed by atoms with van der Waals surface area (Å²) >= 11 is 6.40. The van der Waals surface area contributed by atoms with Crippen molar-refractivity contribution in [1.82, 2.24) is 10.3 Å². The third kappa shape index (κ3) is 3.55. The molecule has 1 aromatic heterocycles. The Morgan fingerprint density at radius 2 is 2.00 bits per heavy atom. The van der Waals surface area contributed by atoms with Gasteiger partial charge in [-0.1, -0.05) is 29.3 Å². The molecule has 0 aliphatic heterocycles. The zero-order valence-corrected chi connectivity index (χ0v) is 13.2. The summed E-state index contributed by atoms with van der Waals surface area (Å²) in [6.45, 7) is 2.92. The van der Waals surface area contributed by atoms with Crippen molar-refractivity contribution in [2.45, 2.75) is 32.4 Å². The van der Waals surface area contributed by atoms with Crippen LogP contribution in [0.15, 0.2) is 36.5 Å². The van der Waals surface area contributed by atoms with Crippen molar-refractivity contribution in [3.63, 3.8) is 0 Å². The summed E-state index contributed by atoms with van der Waals surface area (Å²) in [5.41, 5.74) is 3.46. The molecule has 0 spiro atoms. The fourth-order valence-corrected chi connectivity index (χ4v) is 2.57. The fraction of sp³-hybridized carbons (Fsp3) is 0.353. The van der Waals surface area contributed by atoms with E-state index in [1.807, 2.05) is 24.2 Å². The summed E-state index contributed by atoms with van der Waals surface area (Å²) in [7, 11) is 1.99. The molecule has 3 rings (SSSR count). The predicted octanol–water partition coefficient (Wildman–Crippen LogP) is 4.06. The number of pyridine rings is 1. The highest BCUT2D eigenvalue weighted by Crippen LogP contribution is 2.29. The molecule has 110 valence electrons. The Hall–Kier alpha value is -1.58. The monoisotopic (exact) mass is 301 g/mol. The molecule has 0 radical (unpaired) electrons. The van der Waals surface area contributed by atoms with Crippen LogP contribution in [0.4, 0.5) is 11.5 Å². The molecule has 0 bridgehead atoms. The first kappa shape index (κ1) is 14.4. The summed E-state index contributed by atoms with van der Waals surface area (Å²) in [6.07, 6.45) is 4.48. The lowest BCUT2D eigenvalue weighted by Crippen LogP contribution is -2.16. The largest absolute Gasteiger partial charge is 0.328 e. The van der Waals surface area contributed by atoms with Crippen LogP contribution in [-0.2, 0) is 6.54 Å². The number of benzene rings is 1. The summed E-state index contributed by atoms with van der Waals surface area (Å²) in [6, 6.07) is 11.0. The average molecular weight is 302 g/mol. The molecule has 21 heavy (non-hydrogen) atoms. The second kappa shape index (κ2) is 6.04. The van der Waals surface area contributed by atoms with E-state index in [2.05, 4.69) is 41.5 Å². The molecule has 1 saturated carbocycles. The molecule has 1 aliphatic carbocycles. The van der Waals surface area contributed by atoms with Gasteiger partial charge in [0.15, 0.2) is 5.82 Å². The standard InChI is InChI=1S/C17H20ClN3/c1-12-3-7-15(8-4-12)21(2)17-16(18)9-13(11-20-17)10-19-14-5-6-14/h3-4,7-9,11,14,19H,5-6,10H2,1-2H3. The fourth-order valence-electron chi connectivity index (χ4n) is 2.25. The van der Waals surface area contributed by atoms with Gasteiger partial charge in [0.1, 0.15) is 0 Å². The molecule has 1 aromatic carbocycles. The van der Waals surface area contributed by atoms with Gasteiger partial charge in [0, 0.05) is 31.5 Å². The predicted molar refractivity (Wildman–Crippen MR) is 88.4 cm³/mol. The van der Waals surface area contributed by atoms with Crippen molar-refractivity contribution in [2.24, 2.45) is 0 Å². The highest BCUT2D eigenvalue weighted by atomic mass is 35.5. The van der Waals surface area contributed by atoms with Gasteiger partial charge in [-0.25, -0.2) is 4.98 Å². The number of hydrogen-bond acceptors (Lipinski definition) is 3. The average Bonchev–Trinajstić information content (AvgIpc) is 3.29. The number of anilines is 2. The molecule has 0 amide bonds. The maximum absolute atomic E-state index is 6.40. The van der Waals surface area contributed by atoms with Gasteiger partial charge in [0.2, 0.25) is 0 Å². The minimum atomic E-state index is 0.688. The van der Waals surface area contributed by atoms with Crippen LogP contribution in [0.5, 0.6) is 0 Å². The summed E-state index contributed by atoms with van der Waals surface area (Å²) in [5, 5.41) is 4.16. The summed E-state index contributed by atoms with van der Waals surface area (Å²) in [4.78, 5) is 6.54. The number of aryl methyl sites for hydroxylation is 1. The number of rotatable bonds is 5. The SMILES string of the molecule is Cc1ccc(N(C)c2ncc(CNC3CC3)cc2Cl)cc1. The quantitative estimate of drug-likeness (QED) is 0.902. The van der Waals surface area contributed by atoms with Gasteiger partial charge in [-0.05, 0) is 43.5 Å². The van der Waals surface area contributed by atoms with E-state index in [9.17, 15) is 0 Å². The zero-order valence-electron chi connectivity index (χ0n) is 12.4. The normalized spacial score (nSPS) is 14.2. The van der Waals surface area contributed by atoms with Crippen LogP contribution in [0.2, 0.25) is 5.02 Å². The first-order valence-corrected chi connectivity index (χ1v) is 7.69. The van der Waals surface area contributed by atoms with Gasteiger partial charge in [-0.3, -0.25) is 0 Å². The van der Waals surface area contributed by atoms with E-state index in [0.717, 1.165) is 23.6 Å². The Morgan fingerprint density at radius 3 is 2.62 bits per heavy atom. The minimum absolute atomic E-state index is 0.688. The Bertz CT molecular complexity index is 620. The second-order valence-electron chi connectivity index (χ2n) is 5.70. The molecule has 1 fully saturated rings. The van der Waals surface area contributed by atoms with Crippen molar-refractivity contribution in [3.8, 4) is 0 Å². The topological polar surface area (TPSA) is 28.2 Å². The summed E-state index contributed by atoms with van der Waals surface area (Å²) < 4.78 is 0. The number of nitrogens with one attached hydrogen (secondary N) is 1. The van der Waals surface area contributed by atoms with Gasteiger partial charge in [0.25, 0.3) is 0 Å². The highest BCUT2D eigenvalue weighted by molar-refractivity contribution is 6.33. The van der Waals surface area contributed by atoms with Crippen molar-refractivity contribution in [3.05, 3.63) is 52.7 Å². The second-order valence-corrected chi connectivity index (χ2v) is 6.11. The molecule has 3 nitrogen and oxygen atoms in total. The Labute approximate surface area is 131 Å². The van der Waals surface area contributed by atoms with Crippen molar-refractivity contribution in [1.29, 1.82) is 0 Å². The lowest BCUT2D eigenvalue weighted by Gasteiger charge is -2.20. The highest BCUT2D eigenvalue weighted by Gasteiger charge is 2.20. The smallest absolute Gasteiger partial charge is 0.151 e. The summed E-state index contributed by atoms with van der Waals surface area (Å²) in [5.74, 6) is 0.788. The molecule has 1 N–H and O–H groups in total. The van der Waals surface area contributed by atoms with E-state index >= 15 is 0 Å².